The van der Waals surface area contributed by atoms with Crippen molar-refractivity contribution < 1.29 is 9.53 Å². The molecule has 2 N–H and O–H groups in total. The van der Waals surface area contributed by atoms with Gasteiger partial charge >= 0.3 is 0 Å². The lowest BCUT2D eigenvalue weighted by molar-refractivity contribution is -0.121. The molecule has 28 heavy (non-hydrogen) atoms. The standard InChI is InChI=1S/C23H26N2O3/c1-15-11-19-14-18(23(27)25-21(19)12-16(15)2)7-8-22(26)24-10-9-17-5-4-6-20(13-17)28-3/h4-6,11-14H,7-10H2,1-3H3,(H,24,26)(H,25,27). The van der Waals surface area contributed by atoms with E-state index in [9.17, 15) is 9.59 Å². The van der Waals surface area contributed by atoms with Gasteiger partial charge in [-0.05, 0) is 79.1 Å². The van der Waals surface area contributed by atoms with Crippen molar-refractivity contribution in [1.82, 2.24) is 10.3 Å². The van der Waals surface area contributed by atoms with Crippen LogP contribution in [0.15, 0.2) is 47.3 Å². The fraction of sp³-hybridized carbons (Fsp3) is 0.304. The number of aromatic amines is 1. The van der Waals surface area contributed by atoms with Crippen molar-refractivity contribution >= 4 is 16.8 Å². The minimum Gasteiger partial charge on any atom is -0.497 e. The first-order chi connectivity index (χ1) is 13.5. The number of hydrogen-bond acceptors (Lipinski definition) is 3. The van der Waals surface area contributed by atoms with E-state index in [4.69, 9.17) is 4.74 Å². The first-order valence-corrected chi connectivity index (χ1v) is 9.49. The number of methoxy groups -OCH3 is 1. The molecule has 0 spiro atoms. The van der Waals surface area contributed by atoms with Crippen LogP contribution in [-0.2, 0) is 17.6 Å². The third kappa shape index (κ3) is 4.80. The Bertz CT molecular complexity index is 1050. The molecule has 0 aliphatic carbocycles. The van der Waals surface area contributed by atoms with Gasteiger partial charge in [0, 0.05) is 24.0 Å². The van der Waals surface area contributed by atoms with Crippen molar-refractivity contribution in [2.45, 2.75) is 33.1 Å². The number of hydrogen-bond donors (Lipinski definition) is 2. The third-order valence-electron chi connectivity index (χ3n) is 5.03. The van der Waals surface area contributed by atoms with Gasteiger partial charge in [-0.2, -0.15) is 0 Å². The van der Waals surface area contributed by atoms with Crippen LogP contribution in [0.3, 0.4) is 0 Å². The van der Waals surface area contributed by atoms with Crippen molar-refractivity contribution in [2.24, 2.45) is 0 Å². The van der Waals surface area contributed by atoms with Crippen molar-refractivity contribution in [3.8, 4) is 5.75 Å². The van der Waals surface area contributed by atoms with E-state index in [1.54, 1.807) is 7.11 Å². The van der Waals surface area contributed by atoms with E-state index in [-0.39, 0.29) is 17.9 Å². The summed E-state index contributed by atoms with van der Waals surface area (Å²) >= 11 is 0. The van der Waals surface area contributed by atoms with E-state index in [1.807, 2.05) is 43.3 Å². The molecule has 0 bridgehead atoms. The number of pyridine rings is 1. The first-order valence-electron chi connectivity index (χ1n) is 9.49. The van der Waals surface area contributed by atoms with E-state index in [0.29, 0.717) is 18.5 Å². The smallest absolute Gasteiger partial charge is 0.251 e. The molecule has 146 valence electrons. The van der Waals surface area contributed by atoms with Crippen LogP contribution in [0.4, 0.5) is 0 Å². The average Bonchev–Trinajstić information content (AvgIpc) is 2.68. The van der Waals surface area contributed by atoms with Crippen molar-refractivity contribution in [3.63, 3.8) is 0 Å². The van der Waals surface area contributed by atoms with Crippen molar-refractivity contribution in [2.75, 3.05) is 13.7 Å². The average molecular weight is 378 g/mol. The van der Waals surface area contributed by atoms with Gasteiger partial charge in [-0.3, -0.25) is 9.59 Å². The third-order valence-corrected chi connectivity index (χ3v) is 5.03. The van der Waals surface area contributed by atoms with Gasteiger partial charge in [-0.25, -0.2) is 0 Å². The van der Waals surface area contributed by atoms with Crippen LogP contribution >= 0.6 is 0 Å². The molecule has 1 aromatic heterocycles. The second-order valence-electron chi connectivity index (χ2n) is 7.10. The number of benzene rings is 2. The molecule has 0 atom stereocenters. The SMILES string of the molecule is COc1cccc(CCNC(=O)CCc2cc3cc(C)c(C)cc3[nH]c2=O)c1. The lowest BCUT2D eigenvalue weighted by Crippen LogP contribution is -2.26. The fourth-order valence-corrected chi connectivity index (χ4v) is 3.22. The lowest BCUT2D eigenvalue weighted by atomic mass is 10.0. The Morgan fingerprint density at radius 3 is 2.64 bits per heavy atom. The molecule has 3 rings (SSSR count). The minimum absolute atomic E-state index is 0.0533. The maximum Gasteiger partial charge on any atom is 0.251 e. The van der Waals surface area contributed by atoms with Gasteiger partial charge in [0.2, 0.25) is 5.91 Å². The Kier molecular flexibility index (Phi) is 6.14. The molecule has 0 fully saturated rings. The van der Waals surface area contributed by atoms with Gasteiger partial charge in [0.25, 0.3) is 5.56 Å². The van der Waals surface area contributed by atoms with Gasteiger partial charge in [0.1, 0.15) is 5.75 Å². The topological polar surface area (TPSA) is 71.2 Å². The zero-order valence-electron chi connectivity index (χ0n) is 16.6. The number of rotatable bonds is 7. The molecule has 5 nitrogen and oxygen atoms in total. The van der Waals surface area contributed by atoms with Crippen LogP contribution in [0.2, 0.25) is 0 Å². The van der Waals surface area contributed by atoms with E-state index in [0.717, 1.165) is 34.2 Å². The van der Waals surface area contributed by atoms with Crippen LogP contribution in [-0.4, -0.2) is 24.5 Å². The maximum absolute atomic E-state index is 12.3. The van der Waals surface area contributed by atoms with Gasteiger partial charge < -0.3 is 15.0 Å². The van der Waals surface area contributed by atoms with Crippen molar-refractivity contribution in [1.29, 1.82) is 0 Å². The zero-order chi connectivity index (χ0) is 20.1. The summed E-state index contributed by atoms with van der Waals surface area (Å²) in [5, 5.41) is 3.92. The minimum atomic E-state index is -0.125. The number of fused-ring (bicyclic) bond motifs is 1. The van der Waals surface area contributed by atoms with E-state index >= 15 is 0 Å². The maximum atomic E-state index is 12.3. The van der Waals surface area contributed by atoms with E-state index in [2.05, 4.69) is 23.3 Å². The zero-order valence-corrected chi connectivity index (χ0v) is 16.6. The first kappa shape index (κ1) is 19.7. The molecule has 0 aliphatic rings. The van der Waals surface area contributed by atoms with Gasteiger partial charge in [-0.15, -0.1) is 0 Å². The number of H-pyrrole nitrogens is 1. The quantitative estimate of drug-likeness (QED) is 0.662. The summed E-state index contributed by atoms with van der Waals surface area (Å²) in [6.07, 6.45) is 1.44. The van der Waals surface area contributed by atoms with Crippen LogP contribution in [0.5, 0.6) is 5.75 Å². The highest BCUT2D eigenvalue weighted by atomic mass is 16.5. The number of ether oxygens (including phenoxy) is 1. The van der Waals surface area contributed by atoms with E-state index < -0.39 is 0 Å². The number of carbonyl (C=O) groups is 1. The van der Waals surface area contributed by atoms with Gasteiger partial charge in [0.15, 0.2) is 0 Å². The van der Waals surface area contributed by atoms with E-state index in [1.165, 1.54) is 5.56 Å². The molecule has 2 aromatic carbocycles. The predicted octanol–water partition coefficient (Wildman–Crippen LogP) is 3.45. The summed E-state index contributed by atoms with van der Waals surface area (Å²) < 4.78 is 5.21. The summed E-state index contributed by atoms with van der Waals surface area (Å²) in [5.74, 6) is 0.757. The second-order valence-corrected chi connectivity index (χ2v) is 7.10. The number of carbonyl (C=O) groups excluding carboxylic acids is 1. The van der Waals surface area contributed by atoms with Crippen LogP contribution < -0.4 is 15.6 Å². The van der Waals surface area contributed by atoms with Crippen molar-refractivity contribution in [3.05, 3.63) is 75.1 Å². The molecule has 0 radical (unpaired) electrons. The molecular formula is C23H26N2O3. The molecule has 0 aliphatic heterocycles. The van der Waals surface area contributed by atoms with Crippen LogP contribution in [0, 0.1) is 13.8 Å². The highest BCUT2D eigenvalue weighted by Crippen LogP contribution is 2.17. The second kappa shape index (κ2) is 8.74. The molecule has 1 amide bonds. The molecule has 0 saturated carbocycles. The number of aryl methyl sites for hydroxylation is 3. The van der Waals surface area contributed by atoms with Gasteiger partial charge in [0.05, 0.1) is 7.11 Å². The Morgan fingerprint density at radius 2 is 1.86 bits per heavy atom. The fourth-order valence-electron chi connectivity index (χ4n) is 3.22. The van der Waals surface area contributed by atoms with Gasteiger partial charge in [-0.1, -0.05) is 12.1 Å². The summed E-state index contributed by atoms with van der Waals surface area (Å²) in [7, 11) is 1.64. The normalized spacial score (nSPS) is 10.8. The van der Waals surface area contributed by atoms with Crippen LogP contribution in [0.25, 0.3) is 10.9 Å². The Balaban J connectivity index is 1.56. The lowest BCUT2D eigenvalue weighted by Gasteiger charge is -2.08. The molecule has 3 aromatic rings. The number of amides is 1. The predicted molar refractivity (Wildman–Crippen MR) is 112 cm³/mol. The molecule has 0 saturated heterocycles. The number of aromatic nitrogens is 1. The summed E-state index contributed by atoms with van der Waals surface area (Å²) in [6.45, 7) is 4.63. The molecule has 1 heterocycles. The molecular weight excluding hydrogens is 352 g/mol. The molecule has 5 heteroatoms. The monoisotopic (exact) mass is 378 g/mol. The Morgan fingerprint density at radius 1 is 1.07 bits per heavy atom. The Hall–Kier alpha value is -3.08. The summed E-state index contributed by atoms with van der Waals surface area (Å²) in [4.78, 5) is 27.4. The van der Waals surface area contributed by atoms with Crippen LogP contribution in [0.1, 0.15) is 28.7 Å². The number of nitrogens with one attached hydrogen (secondary N) is 2. The summed E-state index contributed by atoms with van der Waals surface area (Å²) in [5.41, 5.74) is 4.78. The molecule has 0 unspecified atom stereocenters. The largest absolute Gasteiger partial charge is 0.497 e. The Labute approximate surface area is 164 Å². The highest BCUT2D eigenvalue weighted by Gasteiger charge is 2.08. The highest BCUT2D eigenvalue weighted by molar-refractivity contribution is 5.81. The summed E-state index contributed by atoms with van der Waals surface area (Å²) in [6, 6.07) is 13.7.